The minimum Gasteiger partial charge on any atom is -0.439 e. The Bertz CT molecular complexity index is 891. The minimum atomic E-state index is -0.298. The quantitative estimate of drug-likeness (QED) is 0.493. The van der Waals surface area contributed by atoms with Crippen LogP contribution in [0.5, 0.6) is 11.6 Å². The number of aliphatic imine (C=N–C) groups is 1. The van der Waals surface area contributed by atoms with Crippen LogP contribution in [-0.4, -0.2) is 18.0 Å². The van der Waals surface area contributed by atoms with Crippen molar-refractivity contribution in [2.24, 2.45) is 4.99 Å². The molecule has 140 valence electrons. The summed E-state index contributed by atoms with van der Waals surface area (Å²) >= 11 is 1.77. The van der Waals surface area contributed by atoms with Gasteiger partial charge in [-0.25, -0.2) is 9.37 Å². The van der Waals surface area contributed by atoms with E-state index in [1.807, 2.05) is 6.07 Å². The van der Waals surface area contributed by atoms with Crippen LogP contribution in [0.2, 0.25) is 0 Å². The number of aryl methyl sites for hydroxylation is 1. The van der Waals surface area contributed by atoms with Crippen LogP contribution < -0.4 is 15.4 Å². The second kappa shape index (κ2) is 9.14. The van der Waals surface area contributed by atoms with Crippen molar-refractivity contribution in [2.45, 2.75) is 20.0 Å². The molecule has 0 saturated carbocycles. The Balaban J connectivity index is 1.49. The molecule has 2 heterocycles. The first-order chi connectivity index (χ1) is 13.1. The number of guanidine groups is 1. The van der Waals surface area contributed by atoms with Gasteiger partial charge in [-0.15, -0.1) is 11.3 Å². The predicted molar refractivity (Wildman–Crippen MR) is 107 cm³/mol. The highest BCUT2D eigenvalue weighted by Crippen LogP contribution is 2.19. The molecule has 2 N–H and O–H groups in total. The highest BCUT2D eigenvalue weighted by Gasteiger charge is 2.03. The lowest BCUT2D eigenvalue weighted by atomic mass is 10.3. The molecule has 5 nitrogen and oxygen atoms in total. The maximum atomic E-state index is 12.9. The van der Waals surface area contributed by atoms with Gasteiger partial charge in [0.2, 0.25) is 5.88 Å². The molecule has 0 saturated heterocycles. The summed E-state index contributed by atoms with van der Waals surface area (Å²) in [5.41, 5.74) is 0.997. The average molecular weight is 384 g/mol. The third-order valence-corrected chi connectivity index (χ3v) is 4.74. The van der Waals surface area contributed by atoms with E-state index >= 15 is 0 Å². The molecule has 0 bridgehead atoms. The van der Waals surface area contributed by atoms with Crippen molar-refractivity contribution >= 4 is 17.3 Å². The van der Waals surface area contributed by atoms with Crippen LogP contribution in [0.4, 0.5) is 4.39 Å². The van der Waals surface area contributed by atoms with E-state index in [9.17, 15) is 4.39 Å². The summed E-state index contributed by atoms with van der Waals surface area (Å²) in [6, 6.07) is 13.8. The largest absolute Gasteiger partial charge is 0.439 e. The Labute approximate surface area is 162 Å². The zero-order chi connectivity index (χ0) is 19.1. The summed E-state index contributed by atoms with van der Waals surface area (Å²) < 4.78 is 18.5. The third-order valence-electron chi connectivity index (χ3n) is 3.74. The van der Waals surface area contributed by atoms with Gasteiger partial charge in [0, 0.05) is 35.6 Å². The van der Waals surface area contributed by atoms with E-state index in [0.717, 1.165) is 18.1 Å². The van der Waals surface area contributed by atoms with Crippen LogP contribution in [-0.2, 0) is 13.1 Å². The van der Waals surface area contributed by atoms with E-state index in [2.05, 4.69) is 39.7 Å². The van der Waals surface area contributed by atoms with Crippen molar-refractivity contribution in [3.63, 3.8) is 0 Å². The van der Waals surface area contributed by atoms with Crippen LogP contribution in [0.1, 0.15) is 15.3 Å². The fourth-order valence-corrected chi connectivity index (χ4v) is 3.19. The minimum absolute atomic E-state index is 0.298. The Kier molecular flexibility index (Phi) is 6.38. The standard InChI is InChI=1S/C20H21FN4OS/c1-14-3-9-18(27-14)13-25-20(22-2)24-12-15-4-10-19(23-11-15)26-17-7-5-16(21)6-8-17/h3-11H,12-13H2,1-2H3,(H2,22,24,25). The Morgan fingerprint density at radius 2 is 1.85 bits per heavy atom. The fraction of sp³-hybridized carbons (Fsp3) is 0.200. The summed E-state index contributed by atoms with van der Waals surface area (Å²) in [7, 11) is 1.74. The molecular weight excluding hydrogens is 363 g/mol. The predicted octanol–water partition coefficient (Wildman–Crippen LogP) is 4.25. The number of pyridine rings is 1. The van der Waals surface area contributed by atoms with Gasteiger partial charge >= 0.3 is 0 Å². The second-order valence-electron chi connectivity index (χ2n) is 5.85. The number of rotatable bonds is 6. The molecular formula is C20H21FN4OS. The molecule has 2 aromatic heterocycles. The molecule has 0 atom stereocenters. The van der Waals surface area contributed by atoms with Crippen LogP contribution in [0.3, 0.4) is 0 Å². The molecule has 0 aliphatic carbocycles. The van der Waals surface area contributed by atoms with Gasteiger partial charge < -0.3 is 15.4 Å². The number of halogens is 1. The number of nitrogens with one attached hydrogen (secondary N) is 2. The number of aromatic nitrogens is 1. The van der Waals surface area contributed by atoms with Crippen molar-refractivity contribution in [1.29, 1.82) is 0 Å². The van der Waals surface area contributed by atoms with Crippen LogP contribution in [0, 0.1) is 12.7 Å². The molecule has 0 radical (unpaired) electrons. The summed E-state index contributed by atoms with van der Waals surface area (Å²) in [5.74, 6) is 1.43. The normalized spacial score (nSPS) is 11.3. The maximum absolute atomic E-state index is 12.9. The van der Waals surface area contributed by atoms with Gasteiger partial charge in [-0.1, -0.05) is 6.07 Å². The van der Waals surface area contributed by atoms with Crippen molar-refractivity contribution in [1.82, 2.24) is 15.6 Å². The summed E-state index contributed by atoms with van der Waals surface area (Å²) in [5, 5.41) is 6.55. The number of benzene rings is 1. The first kappa shape index (κ1) is 18.8. The molecule has 0 spiro atoms. The van der Waals surface area contributed by atoms with Crippen LogP contribution >= 0.6 is 11.3 Å². The zero-order valence-electron chi connectivity index (χ0n) is 15.2. The topological polar surface area (TPSA) is 58.5 Å². The van der Waals surface area contributed by atoms with Gasteiger partial charge in [0.05, 0.1) is 6.54 Å². The third kappa shape index (κ3) is 5.79. The lowest BCUT2D eigenvalue weighted by molar-refractivity contribution is 0.461. The van der Waals surface area contributed by atoms with E-state index in [1.165, 1.54) is 21.9 Å². The van der Waals surface area contributed by atoms with Crippen LogP contribution in [0.15, 0.2) is 59.7 Å². The highest BCUT2D eigenvalue weighted by atomic mass is 32.1. The Morgan fingerprint density at radius 3 is 2.48 bits per heavy atom. The molecule has 3 aromatic rings. The fourth-order valence-electron chi connectivity index (χ4n) is 2.36. The van der Waals surface area contributed by atoms with E-state index < -0.39 is 0 Å². The summed E-state index contributed by atoms with van der Waals surface area (Å²) in [6.07, 6.45) is 1.74. The summed E-state index contributed by atoms with van der Waals surface area (Å²) in [4.78, 5) is 11.1. The Morgan fingerprint density at radius 1 is 1.07 bits per heavy atom. The van der Waals surface area contributed by atoms with Gasteiger partial charge in [-0.3, -0.25) is 4.99 Å². The van der Waals surface area contributed by atoms with E-state index in [-0.39, 0.29) is 5.82 Å². The van der Waals surface area contributed by atoms with Gasteiger partial charge in [0.25, 0.3) is 0 Å². The van der Waals surface area contributed by atoms with E-state index in [1.54, 1.807) is 42.8 Å². The highest BCUT2D eigenvalue weighted by molar-refractivity contribution is 7.11. The number of nitrogens with zero attached hydrogens (tertiary/aromatic N) is 2. The van der Waals surface area contributed by atoms with Gasteiger partial charge in [-0.2, -0.15) is 0 Å². The number of ether oxygens (including phenoxy) is 1. The molecule has 0 amide bonds. The molecule has 0 aliphatic rings. The molecule has 0 fully saturated rings. The number of hydrogen-bond acceptors (Lipinski definition) is 4. The lowest BCUT2D eigenvalue weighted by Gasteiger charge is -2.11. The molecule has 0 aliphatic heterocycles. The molecule has 7 heteroatoms. The molecule has 0 unspecified atom stereocenters. The van der Waals surface area contributed by atoms with E-state index in [4.69, 9.17) is 4.74 Å². The molecule has 3 rings (SSSR count). The lowest BCUT2D eigenvalue weighted by Crippen LogP contribution is -2.36. The van der Waals surface area contributed by atoms with Crippen molar-refractivity contribution in [2.75, 3.05) is 7.05 Å². The molecule has 27 heavy (non-hydrogen) atoms. The zero-order valence-corrected chi connectivity index (χ0v) is 16.0. The van der Waals surface area contributed by atoms with Gasteiger partial charge in [0.15, 0.2) is 5.96 Å². The molecule has 1 aromatic carbocycles. The second-order valence-corrected chi connectivity index (χ2v) is 7.22. The first-order valence-corrected chi connectivity index (χ1v) is 9.32. The average Bonchev–Trinajstić information content (AvgIpc) is 3.10. The van der Waals surface area contributed by atoms with Crippen molar-refractivity contribution < 1.29 is 9.13 Å². The SMILES string of the molecule is CN=C(NCc1ccc(Oc2ccc(F)cc2)nc1)NCc1ccc(C)s1. The van der Waals surface area contributed by atoms with Gasteiger partial charge in [-0.05, 0) is 48.9 Å². The monoisotopic (exact) mass is 384 g/mol. The number of thiophene rings is 1. The first-order valence-electron chi connectivity index (χ1n) is 8.50. The van der Waals surface area contributed by atoms with Crippen molar-refractivity contribution in [3.8, 4) is 11.6 Å². The smallest absolute Gasteiger partial charge is 0.219 e. The van der Waals surface area contributed by atoms with Gasteiger partial charge in [0.1, 0.15) is 11.6 Å². The Hall–Kier alpha value is -2.93. The summed E-state index contributed by atoms with van der Waals surface area (Å²) in [6.45, 7) is 3.42. The number of hydrogen-bond donors (Lipinski definition) is 2. The van der Waals surface area contributed by atoms with Crippen molar-refractivity contribution in [3.05, 3.63) is 75.9 Å². The van der Waals surface area contributed by atoms with E-state index in [0.29, 0.717) is 18.2 Å². The van der Waals surface area contributed by atoms with Crippen LogP contribution in [0.25, 0.3) is 0 Å². The maximum Gasteiger partial charge on any atom is 0.219 e.